The second kappa shape index (κ2) is 7.25. The zero-order valence-electron chi connectivity index (χ0n) is 13.3. The van der Waals surface area contributed by atoms with Crippen LogP contribution in [0.3, 0.4) is 0 Å². The molecule has 124 valence electrons. The van der Waals surface area contributed by atoms with E-state index in [9.17, 15) is 13.2 Å². The molecular formula is C17H17N3O3S. The van der Waals surface area contributed by atoms with Gasteiger partial charge in [-0.3, -0.25) is 4.79 Å². The Morgan fingerprint density at radius 2 is 1.96 bits per heavy atom. The number of anilines is 1. The Balaban J connectivity index is 2.34. The van der Waals surface area contributed by atoms with Crippen LogP contribution in [0.1, 0.15) is 28.4 Å². The standard InChI is InChI=1S/C17H17N3O3S/c1-3-19-24(22,23)15-8-7-12(2)16(10-15)17(21)20-14-6-4-5-13(9-14)11-18/h4-10,19H,3H2,1-2H3,(H,20,21). The van der Waals surface area contributed by atoms with E-state index in [0.29, 0.717) is 16.8 Å². The van der Waals surface area contributed by atoms with Crippen molar-refractivity contribution >= 4 is 21.6 Å². The summed E-state index contributed by atoms with van der Waals surface area (Å²) in [4.78, 5) is 12.5. The first kappa shape index (κ1) is 17.7. The molecule has 2 aromatic rings. The number of benzene rings is 2. The van der Waals surface area contributed by atoms with Crippen LogP contribution in [0.15, 0.2) is 47.4 Å². The molecule has 0 aliphatic carbocycles. The van der Waals surface area contributed by atoms with Crippen LogP contribution in [0, 0.1) is 18.3 Å². The fourth-order valence-electron chi connectivity index (χ4n) is 2.15. The van der Waals surface area contributed by atoms with Crippen molar-refractivity contribution in [2.45, 2.75) is 18.7 Å². The van der Waals surface area contributed by atoms with Crippen LogP contribution in [0.25, 0.3) is 0 Å². The summed E-state index contributed by atoms with van der Waals surface area (Å²) >= 11 is 0. The van der Waals surface area contributed by atoms with Crippen molar-refractivity contribution < 1.29 is 13.2 Å². The summed E-state index contributed by atoms with van der Waals surface area (Å²) in [5.41, 5.74) is 1.81. The minimum Gasteiger partial charge on any atom is -0.322 e. The summed E-state index contributed by atoms with van der Waals surface area (Å²) < 4.78 is 26.6. The van der Waals surface area contributed by atoms with Crippen LogP contribution in [-0.4, -0.2) is 20.9 Å². The molecule has 0 aliphatic rings. The minimum absolute atomic E-state index is 0.0332. The maximum atomic E-state index is 12.5. The molecule has 1 amide bonds. The lowest BCUT2D eigenvalue weighted by Gasteiger charge is -2.11. The highest BCUT2D eigenvalue weighted by molar-refractivity contribution is 7.89. The molecule has 0 spiro atoms. The van der Waals surface area contributed by atoms with Crippen LogP contribution in [-0.2, 0) is 10.0 Å². The Morgan fingerprint density at radius 3 is 2.62 bits per heavy atom. The van der Waals surface area contributed by atoms with Gasteiger partial charge in [0.25, 0.3) is 5.91 Å². The van der Waals surface area contributed by atoms with Crippen LogP contribution < -0.4 is 10.0 Å². The first-order chi connectivity index (χ1) is 11.4. The van der Waals surface area contributed by atoms with E-state index in [-0.39, 0.29) is 17.0 Å². The van der Waals surface area contributed by atoms with Crippen LogP contribution in [0.5, 0.6) is 0 Å². The zero-order chi connectivity index (χ0) is 17.7. The molecule has 0 fully saturated rings. The van der Waals surface area contributed by atoms with Crippen molar-refractivity contribution in [1.82, 2.24) is 4.72 Å². The van der Waals surface area contributed by atoms with E-state index in [1.807, 2.05) is 6.07 Å². The van der Waals surface area contributed by atoms with Gasteiger partial charge in [-0.25, -0.2) is 13.1 Å². The summed E-state index contributed by atoms with van der Waals surface area (Å²) in [7, 11) is -3.64. The van der Waals surface area contributed by atoms with E-state index in [1.165, 1.54) is 12.1 Å². The van der Waals surface area contributed by atoms with Gasteiger partial charge in [-0.05, 0) is 42.8 Å². The molecule has 2 rings (SSSR count). The van der Waals surface area contributed by atoms with Gasteiger partial charge in [-0.15, -0.1) is 0 Å². The third-order valence-electron chi connectivity index (χ3n) is 3.35. The lowest BCUT2D eigenvalue weighted by atomic mass is 10.1. The Morgan fingerprint density at radius 1 is 1.21 bits per heavy atom. The first-order valence-electron chi connectivity index (χ1n) is 7.29. The van der Waals surface area contributed by atoms with Crippen LogP contribution in [0.4, 0.5) is 5.69 Å². The summed E-state index contributed by atoms with van der Waals surface area (Å²) in [6.07, 6.45) is 0. The predicted octanol–water partition coefficient (Wildman–Crippen LogP) is 2.42. The second-order valence-corrected chi connectivity index (χ2v) is 6.89. The summed E-state index contributed by atoms with van der Waals surface area (Å²) in [6.45, 7) is 3.67. The second-order valence-electron chi connectivity index (χ2n) is 5.12. The molecule has 0 heterocycles. The normalized spacial score (nSPS) is 10.9. The molecule has 0 radical (unpaired) electrons. The quantitative estimate of drug-likeness (QED) is 0.871. The maximum Gasteiger partial charge on any atom is 0.255 e. The largest absolute Gasteiger partial charge is 0.322 e. The van der Waals surface area contributed by atoms with Gasteiger partial charge in [0.2, 0.25) is 10.0 Å². The van der Waals surface area contributed by atoms with Gasteiger partial charge in [-0.1, -0.05) is 19.1 Å². The van der Waals surface area contributed by atoms with Gasteiger partial charge in [0, 0.05) is 17.8 Å². The molecule has 24 heavy (non-hydrogen) atoms. The number of hydrogen-bond acceptors (Lipinski definition) is 4. The highest BCUT2D eigenvalue weighted by atomic mass is 32.2. The smallest absolute Gasteiger partial charge is 0.255 e. The highest BCUT2D eigenvalue weighted by Gasteiger charge is 2.17. The molecule has 7 heteroatoms. The lowest BCUT2D eigenvalue weighted by molar-refractivity contribution is 0.102. The lowest BCUT2D eigenvalue weighted by Crippen LogP contribution is -2.24. The summed E-state index contributed by atoms with van der Waals surface area (Å²) in [5, 5.41) is 11.6. The molecule has 2 aromatic carbocycles. The number of aryl methyl sites for hydroxylation is 1. The van der Waals surface area contributed by atoms with Crippen molar-refractivity contribution in [3.05, 3.63) is 59.2 Å². The van der Waals surface area contributed by atoms with E-state index in [1.54, 1.807) is 44.2 Å². The molecule has 0 saturated heterocycles. The number of nitrogens with zero attached hydrogens (tertiary/aromatic N) is 1. The van der Waals surface area contributed by atoms with E-state index >= 15 is 0 Å². The number of amides is 1. The van der Waals surface area contributed by atoms with Crippen LogP contribution in [0.2, 0.25) is 0 Å². The molecule has 0 unspecified atom stereocenters. The molecule has 0 saturated carbocycles. The Labute approximate surface area is 141 Å². The number of rotatable bonds is 5. The monoisotopic (exact) mass is 343 g/mol. The minimum atomic E-state index is -3.64. The number of carbonyl (C=O) groups is 1. The molecule has 0 bridgehead atoms. The van der Waals surface area contributed by atoms with E-state index in [2.05, 4.69) is 10.0 Å². The van der Waals surface area contributed by atoms with Gasteiger partial charge in [-0.2, -0.15) is 5.26 Å². The Kier molecular flexibility index (Phi) is 5.34. The average molecular weight is 343 g/mol. The SMILES string of the molecule is CCNS(=O)(=O)c1ccc(C)c(C(=O)Nc2cccc(C#N)c2)c1. The van der Waals surface area contributed by atoms with E-state index in [0.717, 1.165) is 0 Å². The number of carbonyl (C=O) groups excluding carboxylic acids is 1. The number of nitriles is 1. The van der Waals surface area contributed by atoms with Gasteiger partial charge in [0.1, 0.15) is 0 Å². The van der Waals surface area contributed by atoms with Crippen molar-refractivity contribution in [1.29, 1.82) is 5.26 Å². The fourth-order valence-corrected chi connectivity index (χ4v) is 3.22. The molecule has 2 N–H and O–H groups in total. The highest BCUT2D eigenvalue weighted by Crippen LogP contribution is 2.18. The van der Waals surface area contributed by atoms with Crippen molar-refractivity contribution in [2.75, 3.05) is 11.9 Å². The van der Waals surface area contributed by atoms with E-state index < -0.39 is 15.9 Å². The third-order valence-corrected chi connectivity index (χ3v) is 4.89. The Hall–Kier alpha value is -2.69. The Bertz CT molecular complexity index is 915. The zero-order valence-corrected chi connectivity index (χ0v) is 14.1. The van der Waals surface area contributed by atoms with Gasteiger partial charge >= 0.3 is 0 Å². The molecule has 0 aromatic heterocycles. The maximum absolute atomic E-state index is 12.5. The fraction of sp³-hybridized carbons (Fsp3) is 0.176. The van der Waals surface area contributed by atoms with Crippen molar-refractivity contribution in [2.24, 2.45) is 0 Å². The number of sulfonamides is 1. The average Bonchev–Trinajstić information content (AvgIpc) is 2.55. The topological polar surface area (TPSA) is 99.1 Å². The van der Waals surface area contributed by atoms with Gasteiger partial charge < -0.3 is 5.32 Å². The molecule has 6 nitrogen and oxygen atoms in total. The number of hydrogen-bond donors (Lipinski definition) is 2. The van der Waals surface area contributed by atoms with Crippen molar-refractivity contribution in [3.8, 4) is 6.07 Å². The summed E-state index contributed by atoms with van der Waals surface area (Å²) in [6, 6.07) is 12.9. The predicted molar refractivity (Wildman–Crippen MR) is 91.2 cm³/mol. The molecule has 0 atom stereocenters. The van der Waals surface area contributed by atoms with Crippen LogP contribution >= 0.6 is 0 Å². The van der Waals surface area contributed by atoms with Crippen molar-refractivity contribution in [3.63, 3.8) is 0 Å². The van der Waals surface area contributed by atoms with Gasteiger partial charge in [0.05, 0.1) is 16.5 Å². The molecular weight excluding hydrogens is 326 g/mol. The number of nitrogens with one attached hydrogen (secondary N) is 2. The van der Waals surface area contributed by atoms with E-state index in [4.69, 9.17) is 5.26 Å². The molecule has 0 aliphatic heterocycles. The third kappa shape index (κ3) is 3.98. The summed E-state index contributed by atoms with van der Waals surface area (Å²) in [5.74, 6) is -0.434. The van der Waals surface area contributed by atoms with Gasteiger partial charge in [0.15, 0.2) is 0 Å². The first-order valence-corrected chi connectivity index (χ1v) is 8.77.